The smallest absolute Gasteiger partial charge is 0.360 e. The quantitative estimate of drug-likeness (QED) is 0.647. The molecule has 0 unspecified atom stereocenters. The molecule has 4 rings (SSSR count). The van der Waals surface area contributed by atoms with Crippen LogP contribution in [-0.2, 0) is 11.3 Å². The summed E-state index contributed by atoms with van der Waals surface area (Å²) in [4.78, 5) is 24.5. The number of nitrogens with zero attached hydrogens (tertiary/aromatic N) is 3. The van der Waals surface area contributed by atoms with Crippen LogP contribution in [0.4, 0.5) is 5.69 Å². The molecule has 0 atom stereocenters. The van der Waals surface area contributed by atoms with Crippen molar-refractivity contribution in [3.63, 3.8) is 0 Å². The van der Waals surface area contributed by atoms with Crippen molar-refractivity contribution in [1.82, 2.24) is 20.0 Å². The molecule has 0 fully saturated rings. The van der Waals surface area contributed by atoms with E-state index >= 15 is 0 Å². The zero-order valence-corrected chi connectivity index (χ0v) is 15.2. The lowest BCUT2D eigenvalue weighted by Crippen LogP contribution is -2.15. The molecule has 10 heteroatoms. The Kier molecular flexibility index (Phi) is 4.44. The van der Waals surface area contributed by atoms with Gasteiger partial charge in [-0.1, -0.05) is 0 Å². The lowest BCUT2D eigenvalue weighted by molar-refractivity contribution is 0.0594. The predicted molar refractivity (Wildman–Crippen MR) is 97.3 cm³/mol. The molecule has 2 N–H and O–H groups in total. The maximum Gasteiger partial charge on any atom is 0.360 e. The zero-order chi connectivity index (χ0) is 19.7. The third-order valence-electron chi connectivity index (χ3n) is 4.20. The fourth-order valence-electron chi connectivity index (χ4n) is 2.75. The monoisotopic (exact) mass is 383 g/mol. The topological polar surface area (TPSA) is 120 Å². The molecule has 28 heavy (non-hydrogen) atoms. The molecule has 0 bridgehead atoms. The van der Waals surface area contributed by atoms with Gasteiger partial charge in [0, 0.05) is 18.3 Å². The van der Waals surface area contributed by atoms with Crippen LogP contribution < -0.4 is 14.8 Å². The van der Waals surface area contributed by atoms with Gasteiger partial charge in [0.1, 0.15) is 5.69 Å². The number of ether oxygens (including phenoxy) is 3. The molecule has 0 radical (unpaired) electrons. The number of aromatic amines is 1. The highest BCUT2D eigenvalue weighted by Gasteiger charge is 2.21. The van der Waals surface area contributed by atoms with Gasteiger partial charge in [-0.15, -0.1) is 0 Å². The minimum atomic E-state index is -0.631. The molecule has 1 aliphatic heterocycles. The summed E-state index contributed by atoms with van der Waals surface area (Å²) in [5, 5.41) is 13.6. The number of nitrogens with one attached hydrogen (secondary N) is 2. The van der Waals surface area contributed by atoms with E-state index in [0.717, 1.165) is 5.56 Å². The van der Waals surface area contributed by atoms with Crippen molar-refractivity contribution in [3.8, 4) is 22.8 Å². The Bertz CT molecular complexity index is 1050. The van der Waals surface area contributed by atoms with E-state index < -0.39 is 11.9 Å². The summed E-state index contributed by atoms with van der Waals surface area (Å²) in [6.07, 6.45) is 1.57. The molecule has 3 heterocycles. The number of hydrogen-bond acceptors (Lipinski definition) is 7. The normalized spacial score (nSPS) is 12.1. The maximum absolute atomic E-state index is 12.6. The van der Waals surface area contributed by atoms with Gasteiger partial charge in [-0.2, -0.15) is 10.2 Å². The number of methoxy groups -OCH3 is 1. The molecule has 0 saturated heterocycles. The Balaban J connectivity index is 1.56. The van der Waals surface area contributed by atoms with Gasteiger partial charge in [0.05, 0.1) is 18.5 Å². The maximum atomic E-state index is 12.6. The molecule has 3 aromatic rings. The number of rotatable bonds is 5. The van der Waals surface area contributed by atoms with Crippen LogP contribution in [0.15, 0.2) is 30.5 Å². The molecule has 0 spiro atoms. The summed E-state index contributed by atoms with van der Waals surface area (Å²) in [5.74, 6) is 0.204. The summed E-state index contributed by atoms with van der Waals surface area (Å²) < 4.78 is 16.9. The van der Waals surface area contributed by atoms with E-state index in [1.54, 1.807) is 24.4 Å². The molecular weight excluding hydrogens is 366 g/mol. The number of anilines is 1. The second-order valence-electron chi connectivity index (χ2n) is 5.93. The van der Waals surface area contributed by atoms with E-state index in [1.165, 1.54) is 11.8 Å². The van der Waals surface area contributed by atoms with Crippen molar-refractivity contribution in [2.45, 2.75) is 13.5 Å². The molecule has 1 amide bonds. The van der Waals surface area contributed by atoms with Crippen LogP contribution in [0.2, 0.25) is 0 Å². The van der Waals surface area contributed by atoms with Crippen LogP contribution in [-0.4, -0.2) is 45.8 Å². The van der Waals surface area contributed by atoms with Gasteiger partial charge >= 0.3 is 5.97 Å². The van der Waals surface area contributed by atoms with Gasteiger partial charge in [0.25, 0.3) is 5.91 Å². The predicted octanol–water partition coefficient (Wildman–Crippen LogP) is 2.06. The largest absolute Gasteiger partial charge is 0.464 e. The van der Waals surface area contributed by atoms with Crippen molar-refractivity contribution in [1.29, 1.82) is 0 Å². The number of hydrogen-bond donors (Lipinski definition) is 2. The van der Waals surface area contributed by atoms with Crippen LogP contribution in [0.3, 0.4) is 0 Å². The molecular formula is C18H17N5O5. The van der Waals surface area contributed by atoms with Gasteiger partial charge < -0.3 is 19.5 Å². The SMILES string of the molecule is CCn1cc(NC(=O)c2cc(-c3ccc4c(c3)OCO4)n[nH]2)c(C(=O)OC)n1. The minimum Gasteiger partial charge on any atom is -0.464 e. The summed E-state index contributed by atoms with van der Waals surface area (Å²) >= 11 is 0. The highest BCUT2D eigenvalue weighted by atomic mass is 16.7. The fourth-order valence-corrected chi connectivity index (χ4v) is 2.75. The van der Waals surface area contributed by atoms with Crippen LogP contribution in [0.5, 0.6) is 11.5 Å². The first-order valence-electron chi connectivity index (χ1n) is 8.51. The Hall–Kier alpha value is -3.82. The average molecular weight is 383 g/mol. The van der Waals surface area contributed by atoms with E-state index in [2.05, 4.69) is 20.6 Å². The summed E-state index contributed by atoms with van der Waals surface area (Å²) in [7, 11) is 1.26. The van der Waals surface area contributed by atoms with Gasteiger partial charge in [0.15, 0.2) is 17.2 Å². The van der Waals surface area contributed by atoms with E-state index in [4.69, 9.17) is 14.2 Å². The van der Waals surface area contributed by atoms with E-state index in [-0.39, 0.29) is 23.9 Å². The first-order valence-corrected chi connectivity index (χ1v) is 8.51. The Morgan fingerprint density at radius 1 is 1.29 bits per heavy atom. The second kappa shape index (κ2) is 7.06. The lowest BCUT2D eigenvalue weighted by atomic mass is 10.1. The molecule has 0 saturated carbocycles. The van der Waals surface area contributed by atoms with Crippen LogP contribution in [0.25, 0.3) is 11.3 Å². The molecule has 2 aromatic heterocycles. The van der Waals surface area contributed by atoms with Gasteiger partial charge in [-0.3, -0.25) is 14.6 Å². The molecule has 0 aliphatic carbocycles. The summed E-state index contributed by atoms with van der Waals surface area (Å²) in [6.45, 7) is 2.59. The van der Waals surface area contributed by atoms with Crippen LogP contribution >= 0.6 is 0 Å². The number of fused-ring (bicyclic) bond motifs is 1. The molecule has 1 aromatic carbocycles. The zero-order valence-electron chi connectivity index (χ0n) is 15.2. The third kappa shape index (κ3) is 3.15. The number of benzene rings is 1. The third-order valence-corrected chi connectivity index (χ3v) is 4.20. The number of H-pyrrole nitrogens is 1. The van der Waals surface area contributed by atoms with Gasteiger partial charge in [-0.25, -0.2) is 4.79 Å². The molecule has 10 nitrogen and oxygen atoms in total. The number of carbonyl (C=O) groups excluding carboxylic acids is 2. The van der Waals surface area contributed by atoms with Gasteiger partial charge in [0.2, 0.25) is 6.79 Å². The van der Waals surface area contributed by atoms with Crippen molar-refractivity contribution in [2.24, 2.45) is 0 Å². The molecule has 144 valence electrons. The second-order valence-corrected chi connectivity index (χ2v) is 5.93. The number of esters is 1. The highest BCUT2D eigenvalue weighted by molar-refractivity contribution is 6.06. The van der Waals surface area contributed by atoms with Crippen molar-refractivity contribution in [3.05, 3.63) is 41.9 Å². The Labute approximate surface area is 159 Å². The summed E-state index contributed by atoms with van der Waals surface area (Å²) in [6, 6.07) is 7.01. The van der Waals surface area contributed by atoms with E-state index in [1.807, 2.05) is 13.0 Å². The van der Waals surface area contributed by atoms with E-state index in [9.17, 15) is 9.59 Å². The van der Waals surface area contributed by atoms with Crippen molar-refractivity contribution < 1.29 is 23.8 Å². The first kappa shape index (κ1) is 17.6. The summed E-state index contributed by atoms with van der Waals surface area (Å²) in [5.41, 5.74) is 1.87. The Morgan fingerprint density at radius 2 is 2.11 bits per heavy atom. The number of amides is 1. The minimum absolute atomic E-state index is 0.0354. The number of aryl methyl sites for hydroxylation is 1. The molecule has 1 aliphatic rings. The van der Waals surface area contributed by atoms with Crippen molar-refractivity contribution in [2.75, 3.05) is 19.2 Å². The van der Waals surface area contributed by atoms with Gasteiger partial charge in [-0.05, 0) is 31.2 Å². The average Bonchev–Trinajstić information content (AvgIpc) is 3.45. The van der Waals surface area contributed by atoms with Crippen molar-refractivity contribution >= 4 is 17.6 Å². The number of carbonyl (C=O) groups is 2. The number of aromatic nitrogens is 4. The van der Waals surface area contributed by atoms with Crippen LogP contribution in [0.1, 0.15) is 27.9 Å². The fraction of sp³-hybridized carbons (Fsp3) is 0.222. The highest BCUT2D eigenvalue weighted by Crippen LogP contribution is 2.35. The van der Waals surface area contributed by atoms with E-state index in [0.29, 0.717) is 23.7 Å². The first-order chi connectivity index (χ1) is 13.6. The van der Waals surface area contributed by atoms with Crippen LogP contribution in [0, 0.1) is 0 Å². The Morgan fingerprint density at radius 3 is 2.89 bits per heavy atom. The lowest BCUT2D eigenvalue weighted by Gasteiger charge is -2.02. The standard InChI is InChI=1S/C18H17N5O5/c1-3-23-8-13(16(22-23)18(25)26-2)19-17(24)12-7-11(20-21-12)10-4-5-14-15(6-10)28-9-27-14/h4-8H,3,9H2,1-2H3,(H,19,24)(H,20,21).